The maximum Gasteiger partial charge on any atom is 0.202 e. The van der Waals surface area contributed by atoms with Gasteiger partial charge in [0.1, 0.15) is 0 Å². The van der Waals surface area contributed by atoms with Gasteiger partial charge in [0, 0.05) is 44.2 Å². The summed E-state index contributed by atoms with van der Waals surface area (Å²) in [5, 5.41) is 18.7. The van der Waals surface area contributed by atoms with Gasteiger partial charge < -0.3 is 18.8 Å². The maximum absolute atomic E-state index is 9.22. The summed E-state index contributed by atoms with van der Waals surface area (Å²) >= 11 is 1.74. The highest BCUT2D eigenvalue weighted by Crippen LogP contribution is 2.35. The third kappa shape index (κ3) is 4.00. The second-order valence-corrected chi connectivity index (χ2v) is 9.63. The van der Waals surface area contributed by atoms with E-state index in [2.05, 4.69) is 37.1 Å². The summed E-state index contributed by atoms with van der Waals surface area (Å²) in [7, 11) is 1.97. The molecule has 2 aliphatic heterocycles. The van der Waals surface area contributed by atoms with Gasteiger partial charge in [0.2, 0.25) is 5.82 Å². The Morgan fingerprint density at radius 2 is 2.19 bits per heavy atom. The van der Waals surface area contributed by atoms with Gasteiger partial charge in [0.15, 0.2) is 17.3 Å². The Bertz CT molecular complexity index is 1130. The zero-order valence-corrected chi connectivity index (χ0v) is 19.3. The lowest BCUT2D eigenvalue weighted by Crippen LogP contribution is -2.35. The second kappa shape index (κ2) is 8.96. The van der Waals surface area contributed by atoms with E-state index in [1.807, 2.05) is 36.7 Å². The van der Waals surface area contributed by atoms with Crippen molar-refractivity contribution in [2.75, 3.05) is 36.8 Å². The van der Waals surface area contributed by atoms with Crippen molar-refractivity contribution in [2.45, 2.75) is 31.0 Å². The molecule has 3 aromatic rings. The van der Waals surface area contributed by atoms with Crippen LogP contribution in [0.25, 0.3) is 11.6 Å². The van der Waals surface area contributed by atoms with Crippen molar-refractivity contribution in [3.63, 3.8) is 0 Å². The van der Waals surface area contributed by atoms with Gasteiger partial charge in [-0.25, -0.2) is 4.98 Å². The van der Waals surface area contributed by atoms with Gasteiger partial charge >= 0.3 is 0 Å². The number of aryl methyl sites for hydroxylation is 1. The van der Waals surface area contributed by atoms with E-state index in [0.29, 0.717) is 11.8 Å². The molecule has 0 N–H and O–H groups in total. The predicted octanol–water partition coefficient (Wildman–Crippen LogP) is 3.34. The molecular weight excluding hydrogens is 422 g/mol. The molecule has 0 saturated carbocycles. The molecule has 0 bridgehead atoms. The Hall–Kier alpha value is -2.83. The number of likely N-dealkylation sites (tertiary alicyclic amines) is 1. The highest BCUT2D eigenvalue weighted by atomic mass is 32.2. The molecule has 0 amide bonds. The molecule has 2 aromatic heterocycles. The molecule has 0 spiro atoms. The van der Waals surface area contributed by atoms with Gasteiger partial charge in [0.05, 0.1) is 17.3 Å². The van der Waals surface area contributed by atoms with E-state index in [-0.39, 0.29) is 0 Å². The van der Waals surface area contributed by atoms with Crippen molar-refractivity contribution >= 4 is 17.4 Å². The molecule has 2 fully saturated rings. The molecule has 2 saturated heterocycles. The fourth-order valence-corrected chi connectivity index (χ4v) is 5.75. The number of aromatic nitrogens is 4. The summed E-state index contributed by atoms with van der Waals surface area (Å²) in [6.07, 6.45) is 3.78. The number of fused-ring (bicyclic) bond motifs is 1. The van der Waals surface area contributed by atoms with Gasteiger partial charge in [-0.15, -0.1) is 10.2 Å². The molecule has 1 aromatic carbocycles. The molecule has 166 valence electrons. The Kier molecular flexibility index (Phi) is 5.89. The molecular formula is C23H27N7OS. The molecule has 32 heavy (non-hydrogen) atoms. The lowest BCUT2D eigenvalue weighted by Gasteiger charge is -2.27. The minimum Gasteiger partial charge on any atom is -0.440 e. The molecule has 0 radical (unpaired) electrons. The van der Waals surface area contributed by atoms with Gasteiger partial charge in [-0.1, -0.05) is 17.8 Å². The molecule has 0 aliphatic carbocycles. The summed E-state index contributed by atoms with van der Waals surface area (Å²) in [4.78, 5) is 9.24. The van der Waals surface area contributed by atoms with Crippen LogP contribution in [0.5, 0.6) is 0 Å². The lowest BCUT2D eigenvalue weighted by molar-refractivity contribution is 0.319. The SMILES string of the molecule is Cc1ncoc1-c1nnc(SCCCN2CC3CCN(c4cccc(C#N)c4)C3C2)n1C. The van der Waals surface area contributed by atoms with Crippen molar-refractivity contribution in [1.82, 2.24) is 24.6 Å². The van der Waals surface area contributed by atoms with Crippen LogP contribution in [0.3, 0.4) is 0 Å². The zero-order valence-electron chi connectivity index (χ0n) is 18.4. The normalized spacial score (nSPS) is 20.6. The highest BCUT2D eigenvalue weighted by molar-refractivity contribution is 7.99. The largest absolute Gasteiger partial charge is 0.440 e. The fourth-order valence-electron chi connectivity index (χ4n) is 4.91. The quantitative estimate of drug-likeness (QED) is 0.401. The molecule has 9 heteroatoms. The van der Waals surface area contributed by atoms with Crippen LogP contribution in [-0.2, 0) is 7.05 Å². The fraction of sp³-hybridized carbons (Fsp3) is 0.478. The molecule has 2 aliphatic rings. The molecule has 4 heterocycles. The van der Waals surface area contributed by atoms with Crippen LogP contribution in [0, 0.1) is 24.2 Å². The average Bonchev–Trinajstić information content (AvgIpc) is 3.56. The van der Waals surface area contributed by atoms with Crippen molar-refractivity contribution in [3.05, 3.63) is 41.9 Å². The number of hydrogen-bond acceptors (Lipinski definition) is 8. The zero-order chi connectivity index (χ0) is 22.1. The Labute approximate surface area is 192 Å². The van der Waals surface area contributed by atoms with Gasteiger partial charge in [-0.3, -0.25) is 0 Å². The summed E-state index contributed by atoms with van der Waals surface area (Å²) < 4.78 is 7.43. The lowest BCUT2D eigenvalue weighted by atomic mass is 10.0. The maximum atomic E-state index is 9.22. The number of thioether (sulfide) groups is 1. The number of oxazole rings is 1. The van der Waals surface area contributed by atoms with Gasteiger partial charge in [-0.2, -0.15) is 5.26 Å². The summed E-state index contributed by atoms with van der Waals surface area (Å²) in [6.45, 7) is 6.37. The first-order valence-electron chi connectivity index (χ1n) is 11.1. The van der Waals surface area contributed by atoms with Crippen LogP contribution in [0.1, 0.15) is 24.1 Å². The topological polar surface area (TPSA) is 87.0 Å². The van der Waals surface area contributed by atoms with E-state index in [4.69, 9.17) is 4.42 Å². The van der Waals surface area contributed by atoms with Gasteiger partial charge in [0.25, 0.3) is 0 Å². The third-order valence-corrected chi connectivity index (χ3v) is 7.67. The standard InChI is InChI=1S/C23H27N7OS/c1-16-21(31-15-25-16)22-26-27-23(28(22)2)32-10-4-8-29-13-18-7-9-30(20(18)14-29)19-6-3-5-17(11-19)12-24/h3,5-6,11,15,18,20H,4,7-10,13-14H2,1-2H3. The molecule has 5 rings (SSSR count). The van der Waals surface area contributed by atoms with Crippen LogP contribution in [-0.4, -0.2) is 62.6 Å². The van der Waals surface area contributed by atoms with Crippen LogP contribution >= 0.6 is 11.8 Å². The first-order chi connectivity index (χ1) is 15.6. The van der Waals surface area contributed by atoms with Crippen molar-refractivity contribution in [3.8, 4) is 17.7 Å². The van der Waals surface area contributed by atoms with Crippen LogP contribution < -0.4 is 4.90 Å². The van der Waals surface area contributed by atoms with E-state index < -0.39 is 0 Å². The minimum absolute atomic E-state index is 0.558. The second-order valence-electron chi connectivity index (χ2n) is 8.57. The Morgan fingerprint density at radius 3 is 3.00 bits per heavy atom. The summed E-state index contributed by atoms with van der Waals surface area (Å²) in [6, 6.07) is 10.9. The van der Waals surface area contributed by atoms with E-state index in [1.54, 1.807) is 11.8 Å². The van der Waals surface area contributed by atoms with E-state index in [0.717, 1.165) is 60.0 Å². The molecule has 2 unspecified atom stereocenters. The first-order valence-corrected chi connectivity index (χ1v) is 12.0. The molecule has 2 atom stereocenters. The smallest absolute Gasteiger partial charge is 0.202 e. The Balaban J connectivity index is 1.12. The number of rotatable bonds is 7. The number of anilines is 1. The number of nitriles is 1. The first kappa shape index (κ1) is 21.0. The monoisotopic (exact) mass is 449 g/mol. The Morgan fingerprint density at radius 1 is 1.28 bits per heavy atom. The molecule has 8 nitrogen and oxygen atoms in total. The number of hydrogen-bond donors (Lipinski definition) is 0. The summed E-state index contributed by atoms with van der Waals surface area (Å²) in [5.41, 5.74) is 2.75. The van der Waals surface area contributed by atoms with Gasteiger partial charge in [-0.05, 0) is 50.4 Å². The van der Waals surface area contributed by atoms with Crippen molar-refractivity contribution in [1.29, 1.82) is 5.26 Å². The van der Waals surface area contributed by atoms with Crippen LogP contribution in [0.2, 0.25) is 0 Å². The number of nitrogens with zero attached hydrogens (tertiary/aromatic N) is 7. The average molecular weight is 450 g/mol. The third-order valence-electron chi connectivity index (χ3n) is 6.56. The van der Waals surface area contributed by atoms with E-state index in [1.165, 1.54) is 25.0 Å². The number of benzene rings is 1. The predicted molar refractivity (Wildman–Crippen MR) is 123 cm³/mol. The van der Waals surface area contributed by atoms with Crippen LogP contribution in [0.15, 0.2) is 40.2 Å². The minimum atomic E-state index is 0.558. The summed E-state index contributed by atoms with van der Waals surface area (Å²) in [5.74, 6) is 3.12. The van der Waals surface area contributed by atoms with Crippen molar-refractivity contribution in [2.24, 2.45) is 13.0 Å². The highest BCUT2D eigenvalue weighted by Gasteiger charge is 2.41. The van der Waals surface area contributed by atoms with Crippen molar-refractivity contribution < 1.29 is 4.42 Å². The van der Waals surface area contributed by atoms with E-state index in [9.17, 15) is 5.26 Å². The van der Waals surface area contributed by atoms with E-state index >= 15 is 0 Å². The van der Waals surface area contributed by atoms with Crippen LogP contribution in [0.4, 0.5) is 5.69 Å².